The van der Waals surface area contributed by atoms with Crippen LogP contribution in [0, 0.1) is 5.82 Å². The number of carbonyl (C=O) groups excluding carboxylic acids is 1. The highest BCUT2D eigenvalue weighted by molar-refractivity contribution is 5.91. The molecule has 2 N–H and O–H groups in total. The molecule has 0 aliphatic heterocycles. The van der Waals surface area contributed by atoms with Gasteiger partial charge >= 0.3 is 0 Å². The third-order valence-corrected chi connectivity index (χ3v) is 3.45. The maximum absolute atomic E-state index is 12.8. The monoisotopic (exact) mass is 337 g/mol. The Morgan fingerprint density at radius 3 is 2.48 bits per heavy atom. The molecule has 0 spiro atoms. The molecule has 0 fully saturated rings. The first-order valence-corrected chi connectivity index (χ1v) is 7.68. The summed E-state index contributed by atoms with van der Waals surface area (Å²) in [6, 6.07) is 9.75. The van der Waals surface area contributed by atoms with Gasteiger partial charge in [0.25, 0.3) is 5.91 Å². The summed E-state index contributed by atoms with van der Waals surface area (Å²) in [5, 5.41) is 5.83. The Bertz CT molecular complexity index is 822. The van der Waals surface area contributed by atoms with E-state index in [1.807, 2.05) is 12.1 Å². The second kappa shape index (κ2) is 7.96. The Labute approximate surface area is 144 Å². The van der Waals surface area contributed by atoms with Crippen molar-refractivity contribution in [3.63, 3.8) is 0 Å². The number of nitrogens with zero attached hydrogens (tertiary/aromatic N) is 3. The highest BCUT2D eigenvalue weighted by Crippen LogP contribution is 2.06. The van der Waals surface area contributed by atoms with E-state index in [-0.39, 0.29) is 17.4 Å². The van der Waals surface area contributed by atoms with Crippen LogP contribution < -0.4 is 10.6 Å². The van der Waals surface area contributed by atoms with Crippen LogP contribution in [0.5, 0.6) is 0 Å². The number of hydrogen-bond acceptors (Lipinski definition) is 5. The molecule has 0 atom stereocenters. The predicted octanol–water partition coefficient (Wildman–Crippen LogP) is 2.55. The molecule has 0 bridgehead atoms. The fourth-order valence-electron chi connectivity index (χ4n) is 2.11. The fourth-order valence-corrected chi connectivity index (χ4v) is 2.11. The molecule has 0 saturated heterocycles. The van der Waals surface area contributed by atoms with Crippen LogP contribution in [0.15, 0.2) is 61.2 Å². The van der Waals surface area contributed by atoms with E-state index in [0.29, 0.717) is 18.9 Å². The van der Waals surface area contributed by atoms with E-state index < -0.39 is 0 Å². The average Bonchev–Trinajstić information content (AvgIpc) is 2.67. The summed E-state index contributed by atoms with van der Waals surface area (Å²) in [4.78, 5) is 24.4. The number of hydrogen-bond donors (Lipinski definition) is 2. The molecule has 0 radical (unpaired) electrons. The van der Waals surface area contributed by atoms with Crippen LogP contribution in [-0.4, -0.2) is 20.9 Å². The SMILES string of the molecule is O=C(NCc1ccc(F)cc1)c1cnc(NCc2cccnc2)cn1. The molecular formula is C18H16FN5O. The number of nitrogens with one attached hydrogen (secondary N) is 2. The van der Waals surface area contributed by atoms with Gasteiger partial charge in [-0.15, -0.1) is 0 Å². The number of halogens is 1. The highest BCUT2D eigenvalue weighted by atomic mass is 19.1. The second-order valence-electron chi connectivity index (χ2n) is 5.31. The summed E-state index contributed by atoms with van der Waals surface area (Å²) in [6.45, 7) is 0.862. The molecule has 0 aliphatic rings. The van der Waals surface area contributed by atoms with Crippen molar-refractivity contribution in [1.29, 1.82) is 0 Å². The standard InChI is InChI=1S/C18H16FN5O/c19-15-5-3-13(4-6-15)9-24-18(25)16-11-23-17(12-21-16)22-10-14-2-1-7-20-8-14/h1-8,11-12H,9-10H2,(H,22,23)(H,24,25). The first-order valence-electron chi connectivity index (χ1n) is 7.68. The van der Waals surface area contributed by atoms with Crippen molar-refractivity contribution < 1.29 is 9.18 Å². The number of rotatable bonds is 6. The van der Waals surface area contributed by atoms with E-state index in [1.54, 1.807) is 24.5 Å². The van der Waals surface area contributed by atoms with Crippen LogP contribution in [0.1, 0.15) is 21.6 Å². The molecule has 0 aliphatic carbocycles. The van der Waals surface area contributed by atoms with Gasteiger partial charge in [0.1, 0.15) is 17.3 Å². The largest absolute Gasteiger partial charge is 0.365 e. The summed E-state index contributed by atoms with van der Waals surface area (Å²) < 4.78 is 12.8. The van der Waals surface area contributed by atoms with E-state index in [1.165, 1.54) is 24.5 Å². The zero-order valence-corrected chi connectivity index (χ0v) is 13.3. The second-order valence-corrected chi connectivity index (χ2v) is 5.31. The Morgan fingerprint density at radius 1 is 0.960 bits per heavy atom. The highest BCUT2D eigenvalue weighted by Gasteiger charge is 2.08. The van der Waals surface area contributed by atoms with Crippen molar-refractivity contribution in [3.8, 4) is 0 Å². The molecular weight excluding hydrogens is 321 g/mol. The lowest BCUT2D eigenvalue weighted by atomic mass is 10.2. The summed E-state index contributed by atoms with van der Waals surface area (Å²) in [6.07, 6.45) is 6.38. The van der Waals surface area contributed by atoms with Gasteiger partial charge in [-0.05, 0) is 29.3 Å². The topological polar surface area (TPSA) is 79.8 Å². The zero-order chi connectivity index (χ0) is 17.5. The van der Waals surface area contributed by atoms with Crippen molar-refractivity contribution >= 4 is 11.7 Å². The van der Waals surface area contributed by atoms with Gasteiger partial charge < -0.3 is 10.6 Å². The molecule has 2 heterocycles. The Kier molecular flexibility index (Phi) is 5.26. The van der Waals surface area contributed by atoms with Crippen LogP contribution in [0.25, 0.3) is 0 Å². The van der Waals surface area contributed by atoms with E-state index >= 15 is 0 Å². The average molecular weight is 337 g/mol. The maximum atomic E-state index is 12.8. The molecule has 2 aromatic heterocycles. The van der Waals surface area contributed by atoms with Crippen LogP contribution >= 0.6 is 0 Å². The summed E-state index contributed by atoms with van der Waals surface area (Å²) in [7, 11) is 0. The minimum absolute atomic E-state index is 0.217. The van der Waals surface area contributed by atoms with Gasteiger partial charge in [-0.2, -0.15) is 0 Å². The number of anilines is 1. The molecule has 0 unspecified atom stereocenters. The molecule has 1 aromatic carbocycles. The van der Waals surface area contributed by atoms with Crippen molar-refractivity contribution in [2.24, 2.45) is 0 Å². The van der Waals surface area contributed by atoms with E-state index in [4.69, 9.17) is 0 Å². The first-order chi connectivity index (χ1) is 12.2. The van der Waals surface area contributed by atoms with Crippen molar-refractivity contribution in [2.45, 2.75) is 13.1 Å². The number of pyridine rings is 1. The predicted molar refractivity (Wildman–Crippen MR) is 91.2 cm³/mol. The Hall–Kier alpha value is -3.35. The van der Waals surface area contributed by atoms with Crippen molar-refractivity contribution in [3.05, 3.63) is 83.8 Å². The normalized spacial score (nSPS) is 10.3. The third-order valence-electron chi connectivity index (χ3n) is 3.45. The van der Waals surface area contributed by atoms with Gasteiger partial charge in [0.15, 0.2) is 0 Å². The summed E-state index contributed by atoms with van der Waals surface area (Å²) in [5.74, 6) is -0.0788. The van der Waals surface area contributed by atoms with Crippen LogP contribution in [0.3, 0.4) is 0 Å². The van der Waals surface area contributed by atoms with Crippen molar-refractivity contribution in [2.75, 3.05) is 5.32 Å². The van der Waals surface area contributed by atoms with Gasteiger partial charge in [-0.25, -0.2) is 14.4 Å². The minimum Gasteiger partial charge on any atom is -0.365 e. The molecule has 1 amide bonds. The van der Waals surface area contributed by atoms with Crippen LogP contribution in [-0.2, 0) is 13.1 Å². The van der Waals surface area contributed by atoms with Crippen LogP contribution in [0.2, 0.25) is 0 Å². The molecule has 3 rings (SSSR count). The van der Waals surface area contributed by atoms with Gasteiger partial charge in [0.2, 0.25) is 0 Å². The molecule has 25 heavy (non-hydrogen) atoms. The van der Waals surface area contributed by atoms with Gasteiger partial charge in [-0.3, -0.25) is 9.78 Å². The molecule has 126 valence electrons. The van der Waals surface area contributed by atoms with E-state index in [2.05, 4.69) is 25.6 Å². The number of carbonyl (C=O) groups is 1. The smallest absolute Gasteiger partial charge is 0.271 e. The van der Waals surface area contributed by atoms with Crippen molar-refractivity contribution in [1.82, 2.24) is 20.3 Å². The third kappa shape index (κ3) is 4.81. The van der Waals surface area contributed by atoms with Crippen LogP contribution in [0.4, 0.5) is 10.2 Å². The quantitative estimate of drug-likeness (QED) is 0.723. The number of amides is 1. The summed E-state index contributed by atoms with van der Waals surface area (Å²) in [5.41, 5.74) is 2.04. The van der Waals surface area contributed by atoms with Gasteiger partial charge in [0, 0.05) is 25.5 Å². The lowest BCUT2D eigenvalue weighted by Gasteiger charge is -2.07. The van der Waals surface area contributed by atoms with E-state index in [9.17, 15) is 9.18 Å². The fraction of sp³-hybridized carbons (Fsp3) is 0.111. The number of benzene rings is 1. The summed E-state index contributed by atoms with van der Waals surface area (Å²) >= 11 is 0. The lowest BCUT2D eigenvalue weighted by Crippen LogP contribution is -2.24. The lowest BCUT2D eigenvalue weighted by molar-refractivity contribution is 0.0945. The molecule has 7 heteroatoms. The minimum atomic E-state index is -0.337. The first kappa shape index (κ1) is 16.5. The van der Waals surface area contributed by atoms with Gasteiger partial charge in [0.05, 0.1) is 12.4 Å². The van der Waals surface area contributed by atoms with E-state index in [0.717, 1.165) is 11.1 Å². The molecule has 6 nitrogen and oxygen atoms in total. The van der Waals surface area contributed by atoms with Gasteiger partial charge in [-0.1, -0.05) is 18.2 Å². The molecule has 0 saturated carbocycles. The Morgan fingerprint density at radius 2 is 1.80 bits per heavy atom. The number of aromatic nitrogens is 3. The molecule has 3 aromatic rings. The Balaban J connectivity index is 1.52. The maximum Gasteiger partial charge on any atom is 0.271 e. The zero-order valence-electron chi connectivity index (χ0n) is 13.3.